The molecule has 5 nitrogen and oxygen atoms in total. The molecule has 0 spiro atoms. The molecule has 0 aliphatic heterocycles. The minimum atomic E-state index is -4.90. The second-order valence-corrected chi connectivity index (χ2v) is 2.97. The van der Waals surface area contributed by atoms with Crippen molar-refractivity contribution in [3.05, 3.63) is 24.7 Å². The number of hydrogen-bond acceptors (Lipinski definition) is 3. The second kappa shape index (κ2) is 3.47. The van der Waals surface area contributed by atoms with E-state index < -0.39 is 12.1 Å². The number of alkyl halides is 3. The van der Waals surface area contributed by atoms with Crippen molar-refractivity contribution < 1.29 is 18.0 Å². The molecule has 8 heteroatoms. The first-order chi connectivity index (χ1) is 7.47. The minimum Gasteiger partial charge on any atom is -0.317 e. The summed E-state index contributed by atoms with van der Waals surface area (Å²) in [5.74, 6) is -2.01. The van der Waals surface area contributed by atoms with E-state index in [9.17, 15) is 18.0 Å². The van der Waals surface area contributed by atoms with Crippen LogP contribution in [0.2, 0.25) is 0 Å². The fraction of sp³-hybridized carbons (Fsp3) is 0.125. The van der Waals surface area contributed by atoms with Crippen LogP contribution < -0.4 is 5.32 Å². The van der Waals surface area contributed by atoms with Gasteiger partial charge in [0, 0.05) is 6.20 Å². The molecule has 0 aromatic carbocycles. The average Bonchev–Trinajstić information content (AvgIpc) is 2.63. The van der Waals surface area contributed by atoms with Gasteiger partial charge in [0.2, 0.25) is 0 Å². The van der Waals surface area contributed by atoms with Crippen LogP contribution in [0.4, 0.5) is 18.9 Å². The van der Waals surface area contributed by atoms with Gasteiger partial charge in [0.05, 0.1) is 5.69 Å². The van der Waals surface area contributed by atoms with Gasteiger partial charge < -0.3 is 5.32 Å². The van der Waals surface area contributed by atoms with Crippen molar-refractivity contribution in [1.82, 2.24) is 14.6 Å². The van der Waals surface area contributed by atoms with Crippen LogP contribution >= 0.6 is 0 Å². The largest absolute Gasteiger partial charge is 0.471 e. The summed E-state index contributed by atoms with van der Waals surface area (Å²) in [6.45, 7) is 0. The van der Waals surface area contributed by atoms with Gasteiger partial charge in [0.15, 0.2) is 5.65 Å². The Morgan fingerprint density at radius 1 is 1.38 bits per heavy atom. The molecule has 0 saturated heterocycles. The maximum Gasteiger partial charge on any atom is 0.471 e. The lowest BCUT2D eigenvalue weighted by molar-refractivity contribution is -0.167. The van der Waals surface area contributed by atoms with Gasteiger partial charge in [-0.2, -0.15) is 13.2 Å². The molecule has 0 bridgehead atoms. The van der Waals surface area contributed by atoms with E-state index in [2.05, 4.69) is 10.2 Å². The molecule has 0 atom stereocenters. The molecule has 0 aliphatic carbocycles. The predicted octanol–water partition coefficient (Wildman–Crippen LogP) is 1.23. The van der Waals surface area contributed by atoms with Crippen molar-refractivity contribution in [1.29, 1.82) is 0 Å². The Hall–Kier alpha value is -2.12. The van der Waals surface area contributed by atoms with Gasteiger partial charge in [-0.05, 0) is 12.1 Å². The summed E-state index contributed by atoms with van der Waals surface area (Å²) in [4.78, 5) is 10.6. The zero-order chi connectivity index (χ0) is 11.8. The number of rotatable bonds is 1. The summed E-state index contributed by atoms with van der Waals surface area (Å²) in [6.07, 6.45) is -2.29. The SMILES string of the molecule is O=C(Nc1ccc2nncn2c1)C(F)(F)F. The van der Waals surface area contributed by atoms with Crippen LogP contribution in [-0.2, 0) is 4.79 Å². The number of amides is 1. The highest BCUT2D eigenvalue weighted by atomic mass is 19.4. The van der Waals surface area contributed by atoms with Crippen LogP contribution in [0.3, 0.4) is 0 Å². The standard InChI is InChI=1S/C8H5F3N4O/c9-8(10,11)7(16)13-5-1-2-6-14-12-4-15(6)3-5/h1-4H,(H,13,16). The quantitative estimate of drug-likeness (QED) is 0.801. The first kappa shape index (κ1) is 10.4. The molecule has 1 amide bonds. The molecular formula is C8H5F3N4O. The molecule has 1 N–H and O–H groups in total. The molecule has 2 rings (SSSR count). The third-order valence-electron chi connectivity index (χ3n) is 1.81. The molecule has 0 fully saturated rings. The topological polar surface area (TPSA) is 59.3 Å². The Morgan fingerprint density at radius 3 is 2.81 bits per heavy atom. The molecule has 0 unspecified atom stereocenters. The number of halogens is 3. The zero-order valence-electron chi connectivity index (χ0n) is 7.69. The summed E-state index contributed by atoms with van der Waals surface area (Å²) in [6, 6.07) is 2.76. The number of hydrogen-bond donors (Lipinski definition) is 1. The van der Waals surface area contributed by atoms with Crippen LogP contribution in [0, 0.1) is 0 Å². The Balaban J connectivity index is 2.24. The maximum atomic E-state index is 11.9. The van der Waals surface area contributed by atoms with Crippen LogP contribution in [0.1, 0.15) is 0 Å². The lowest BCUT2D eigenvalue weighted by atomic mass is 10.4. The number of nitrogens with zero attached hydrogens (tertiary/aromatic N) is 3. The summed E-state index contributed by atoms with van der Waals surface area (Å²) >= 11 is 0. The van der Waals surface area contributed by atoms with Gasteiger partial charge in [-0.25, -0.2) is 0 Å². The van der Waals surface area contributed by atoms with E-state index >= 15 is 0 Å². The number of nitrogens with one attached hydrogen (secondary N) is 1. The highest BCUT2D eigenvalue weighted by molar-refractivity contribution is 5.94. The molecular weight excluding hydrogens is 225 g/mol. The third kappa shape index (κ3) is 1.95. The smallest absolute Gasteiger partial charge is 0.317 e. The molecule has 2 aromatic rings. The normalized spacial score (nSPS) is 11.7. The van der Waals surface area contributed by atoms with Gasteiger partial charge in [0.1, 0.15) is 6.33 Å². The van der Waals surface area contributed by atoms with Crippen molar-refractivity contribution in [3.8, 4) is 0 Å². The summed E-state index contributed by atoms with van der Waals surface area (Å²) in [5, 5.41) is 8.94. The highest BCUT2D eigenvalue weighted by Gasteiger charge is 2.38. The maximum absolute atomic E-state index is 11.9. The molecule has 84 valence electrons. The first-order valence-electron chi connectivity index (χ1n) is 4.14. The summed E-state index contributed by atoms with van der Waals surface area (Å²) < 4.78 is 37.2. The summed E-state index contributed by atoms with van der Waals surface area (Å²) in [5.41, 5.74) is 0.500. The van der Waals surface area contributed by atoms with Gasteiger partial charge in [-0.3, -0.25) is 9.20 Å². The molecule has 0 radical (unpaired) electrons. The van der Waals surface area contributed by atoms with Crippen LogP contribution in [0.25, 0.3) is 5.65 Å². The second-order valence-electron chi connectivity index (χ2n) is 2.97. The van der Waals surface area contributed by atoms with Crippen molar-refractivity contribution in [2.24, 2.45) is 0 Å². The van der Waals surface area contributed by atoms with E-state index in [1.807, 2.05) is 0 Å². The zero-order valence-corrected chi connectivity index (χ0v) is 7.69. The Labute approximate surface area is 86.9 Å². The Kier molecular flexibility index (Phi) is 2.26. The van der Waals surface area contributed by atoms with Gasteiger partial charge >= 0.3 is 12.1 Å². The lowest BCUT2D eigenvalue weighted by Gasteiger charge is -2.07. The van der Waals surface area contributed by atoms with Crippen LogP contribution in [0.5, 0.6) is 0 Å². The third-order valence-corrected chi connectivity index (χ3v) is 1.81. The van der Waals surface area contributed by atoms with Crippen LogP contribution in [-0.4, -0.2) is 26.7 Å². The number of aromatic nitrogens is 3. The van der Waals surface area contributed by atoms with Crippen molar-refractivity contribution in [3.63, 3.8) is 0 Å². The molecule has 0 aliphatic rings. The summed E-state index contributed by atoms with van der Waals surface area (Å²) in [7, 11) is 0. The van der Waals surface area contributed by atoms with E-state index in [1.54, 1.807) is 5.32 Å². The Morgan fingerprint density at radius 2 is 2.12 bits per heavy atom. The fourth-order valence-corrected chi connectivity index (χ4v) is 1.10. The number of fused-ring (bicyclic) bond motifs is 1. The molecule has 16 heavy (non-hydrogen) atoms. The molecule has 2 heterocycles. The number of carbonyl (C=O) groups is 1. The average molecular weight is 230 g/mol. The number of carbonyl (C=O) groups excluding carboxylic acids is 1. The van der Waals surface area contributed by atoms with Gasteiger partial charge in [-0.15, -0.1) is 10.2 Å². The number of anilines is 1. The molecule has 2 aromatic heterocycles. The minimum absolute atomic E-state index is 0.0228. The van der Waals surface area contributed by atoms with E-state index in [0.717, 1.165) is 0 Å². The monoisotopic (exact) mass is 230 g/mol. The van der Waals surface area contributed by atoms with E-state index in [0.29, 0.717) is 5.65 Å². The van der Waals surface area contributed by atoms with Gasteiger partial charge in [-0.1, -0.05) is 0 Å². The molecule has 0 saturated carbocycles. The first-order valence-corrected chi connectivity index (χ1v) is 4.14. The number of pyridine rings is 1. The van der Waals surface area contributed by atoms with Crippen molar-refractivity contribution in [2.75, 3.05) is 5.32 Å². The van der Waals surface area contributed by atoms with Crippen molar-refractivity contribution in [2.45, 2.75) is 6.18 Å². The van der Waals surface area contributed by atoms with E-state index in [1.165, 1.54) is 29.1 Å². The van der Waals surface area contributed by atoms with Crippen LogP contribution in [0.15, 0.2) is 24.7 Å². The predicted molar refractivity (Wildman–Crippen MR) is 47.7 cm³/mol. The fourth-order valence-electron chi connectivity index (χ4n) is 1.10. The van der Waals surface area contributed by atoms with E-state index in [-0.39, 0.29) is 5.69 Å². The van der Waals surface area contributed by atoms with Gasteiger partial charge in [0.25, 0.3) is 0 Å². The van der Waals surface area contributed by atoms with E-state index in [4.69, 9.17) is 0 Å². The van der Waals surface area contributed by atoms with Crippen molar-refractivity contribution >= 4 is 17.2 Å². The Bertz CT molecular complexity index is 533. The highest BCUT2D eigenvalue weighted by Crippen LogP contribution is 2.18. The lowest BCUT2D eigenvalue weighted by Crippen LogP contribution is -2.29.